The van der Waals surface area contributed by atoms with E-state index in [9.17, 15) is 9.59 Å². The summed E-state index contributed by atoms with van der Waals surface area (Å²) in [6.45, 7) is 0. The van der Waals surface area contributed by atoms with Crippen LogP contribution < -0.4 is 11.1 Å². The number of methoxy groups -OCH3 is 1. The molecular weight excluding hydrogens is 326 g/mol. The molecule has 0 bridgehead atoms. The lowest BCUT2D eigenvalue weighted by molar-refractivity contribution is -0.117. The molecule has 24 heavy (non-hydrogen) atoms. The van der Waals surface area contributed by atoms with Gasteiger partial charge >= 0.3 is 5.97 Å². The number of hydrogen-bond donors (Lipinski definition) is 2. The third-order valence-corrected chi connectivity index (χ3v) is 5.29. The zero-order chi connectivity index (χ0) is 17.1. The highest BCUT2D eigenvalue weighted by Crippen LogP contribution is 2.29. The molecule has 1 aliphatic rings. The van der Waals surface area contributed by atoms with Crippen LogP contribution in [0.15, 0.2) is 18.2 Å². The van der Waals surface area contributed by atoms with Gasteiger partial charge in [-0.2, -0.15) is 0 Å². The summed E-state index contributed by atoms with van der Waals surface area (Å²) >= 11 is 1.35. The van der Waals surface area contributed by atoms with Crippen LogP contribution in [0.5, 0.6) is 0 Å². The summed E-state index contributed by atoms with van der Waals surface area (Å²) < 4.78 is 5.56. The topological polar surface area (TPSA) is 94.3 Å². The molecule has 0 radical (unpaired) electrons. The minimum atomic E-state index is -0.385. The number of aromatic nitrogens is 1. The largest absolute Gasteiger partial charge is 0.465 e. The Balaban J connectivity index is 1.66. The van der Waals surface area contributed by atoms with Crippen LogP contribution in [0.3, 0.4) is 0 Å². The third kappa shape index (κ3) is 3.91. The number of nitrogens with two attached hydrogens (primary N) is 1. The van der Waals surface area contributed by atoms with E-state index in [1.54, 1.807) is 18.2 Å². The monoisotopic (exact) mass is 347 g/mol. The van der Waals surface area contributed by atoms with E-state index in [1.807, 2.05) is 0 Å². The number of rotatable bonds is 4. The fourth-order valence-electron chi connectivity index (χ4n) is 3.17. The van der Waals surface area contributed by atoms with Crippen molar-refractivity contribution >= 4 is 38.6 Å². The van der Waals surface area contributed by atoms with Gasteiger partial charge in [0.2, 0.25) is 5.91 Å². The number of carbonyl (C=O) groups excluding carboxylic acids is 2. The third-order valence-electron chi connectivity index (χ3n) is 4.35. The predicted octanol–water partition coefficient (Wildman–Crippen LogP) is 2.93. The highest BCUT2D eigenvalue weighted by Gasteiger charge is 2.22. The van der Waals surface area contributed by atoms with Crippen LogP contribution in [-0.2, 0) is 9.53 Å². The molecule has 1 aliphatic carbocycles. The van der Waals surface area contributed by atoms with Crippen molar-refractivity contribution in [1.82, 2.24) is 4.98 Å². The minimum Gasteiger partial charge on any atom is -0.465 e. The molecule has 6 nitrogen and oxygen atoms in total. The molecule has 1 saturated carbocycles. The number of hydrogen-bond acceptors (Lipinski definition) is 6. The summed E-state index contributed by atoms with van der Waals surface area (Å²) in [6.07, 6.45) is 4.60. The Morgan fingerprint density at radius 2 is 2.25 bits per heavy atom. The molecule has 1 unspecified atom stereocenters. The molecule has 1 amide bonds. The number of anilines is 1. The van der Waals surface area contributed by atoms with Gasteiger partial charge in [0.1, 0.15) is 0 Å². The molecule has 1 aromatic carbocycles. The molecule has 1 fully saturated rings. The predicted molar refractivity (Wildman–Crippen MR) is 94.1 cm³/mol. The van der Waals surface area contributed by atoms with E-state index in [4.69, 9.17) is 10.5 Å². The van der Waals surface area contributed by atoms with Crippen molar-refractivity contribution in [1.29, 1.82) is 0 Å². The number of ether oxygens (including phenoxy) is 1. The highest BCUT2D eigenvalue weighted by atomic mass is 32.1. The lowest BCUT2D eigenvalue weighted by Crippen LogP contribution is -2.29. The van der Waals surface area contributed by atoms with Gasteiger partial charge in [0.15, 0.2) is 5.13 Å². The summed E-state index contributed by atoms with van der Waals surface area (Å²) in [6, 6.07) is 5.38. The maximum atomic E-state index is 12.2. The maximum absolute atomic E-state index is 12.2. The molecule has 0 spiro atoms. The summed E-state index contributed by atoms with van der Waals surface area (Å²) in [5, 5.41) is 3.42. The SMILES string of the molecule is COC(=O)c1ccc2nc(NC(=O)CC3CCC[C@@H](N)C3)sc2c1. The number of thiazole rings is 1. The summed E-state index contributed by atoms with van der Waals surface area (Å²) in [5.41, 5.74) is 7.20. The Hall–Kier alpha value is -1.99. The van der Waals surface area contributed by atoms with Gasteiger partial charge in [-0.25, -0.2) is 9.78 Å². The van der Waals surface area contributed by atoms with Gasteiger partial charge in [0, 0.05) is 12.5 Å². The van der Waals surface area contributed by atoms with E-state index in [-0.39, 0.29) is 17.9 Å². The first-order valence-corrected chi connectivity index (χ1v) is 8.91. The van der Waals surface area contributed by atoms with Crippen molar-refractivity contribution in [2.45, 2.75) is 38.1 Å². The van der Waals surface area contributed by atoms with E-state index in [0.29, 0.717) is 23.0 Å². The second kappa shape index (κ2) is 7.27. The summed E-state index contributed by atoms with van der Waals surface area (Å²) in [4.78, 5) is 28.2. The van der Waals surface area contributed by atoms with Gasteiger partial charge in [-0.05, 0) is 43.4 Å². The number of fused-ring (bicyclic) bond motifs is 1. The molecular formula is C17H21N3O3S. The Morgan fingerprint density at radius 1 is 1.42 bits per heavy atom. The fraction of sp³-hybridized carbons (Fsp3) is 0.471. The number of nitrogens with one attached hydrogen (secondary N) is 1. The van der Waals surface area contributed by atoms with Crippen molar-refractivity contribution < 1.29 is 14.3 Å². The van der Waals surface area contributed by atoms with Gasteiger partial charge in [-0.3, -0.25) is 4.79 Å². The van der Waals surface area contributed by atoms with E-state index in [1.165, 1.54) is 18.4 Å². The second-order valence-corrected chi connectivity index (χ2v) is 7.27. The van der Waals surface area contributed by atoms with Crippen LogP contribution in [0.1, 0.15) is 42.5 Å². The van der Waals surface area contributed by atoms with Gasteiger partial charge in [-0.1, -0.05) is 17.8 Å². The molecule has 7 heteroatoms. The average Bonchev–Trinajstić information content (AvgIpc) is 2.95. The first-order valence-electron chi connectivity index (χ1n) is 8.09. The second-order valence-electron chi connectivity index (χ2n) is 6.24. The van der Waals surface area contributed by atoms with Crippen LogP contribution >= 0.6 is 11.3 Å². The molecule has 128 valence electrons. The Kier molecular flexibility index (Phi) is 5.11. The highest BCUT2D eigenvalue weighted by molar-refractivity contribution is 7.22. The lowest BCUT2D eigenvalue weighted by atomic mass is 9.84. The molecule has 3 N–H and O–H groups in total. The molecule has 1 aromatic heterocycles. The van der Waals surface area contributed by atoms with Crippen molar-refractivity contribution in [2.24, 2.45) is 11.7 Å². The normalized spacial score (nSPS) is 20.8. The molecule has 0 aliphatic heterocycles. The first-order chi connectivity index (χ1) is 11.5. The number of nitrogens with zero attached hydrogens (tertiary/aromatic N) is 1. The fourth-order valence-corrected chi connectivity index (χ4v) is 4.09. The lowest BCUT2D eigenvalue weighted by Gasteiger charge is -2.25. The molecule has 3 rings (SSSR count). The van der Waals surface area contributed by atoms with E-state index < -0.39 is 0 Å². The number of benzene rings is 1. The Morgan fingerprint density at radius 3 is 3.00 bits per heavy atom. The minimum absolute atomic E-state index is 0.0265. The standard InChI is InChI=1S/C17H21N3O3S/c1-23-16(22)11-5-6-13-14(9-11)24-17(19-13)20-15(21)8-10-3-2-4-12(18)7-10/h5-6,9-10,12H,2-4,7-8,18H2,1H3,(H,19,20,21)/t10?,12-/m1/s1. The summed E-state index contributed by atoms with van der Waals surface area (Å²) in [5.74, 6) is -0.0556. The Bertz CT molecular complexity index is 759. The Labute approximate surface area is 144 Å². The van der Waals surface area contributed by atoms with Gasteiger partial charge < -0.3 is 15.8 Å². The molecule has 2 aromatic rings. The van der Waals surface area contributed by atoms with Crippen LogP contribution in [0, 0.1) is 5.92 Å². The summed E-state index contributed by atoms with van der Waals surface area (Å²) in [7, 11) is 1.35. The number of carbonyl (C=O) groups is 2. The van der Waals surface area contributed by atoms with Crippen LogP contribution in [0.2, 0.25) is 0 Å². The zero-order valence-electron chi connectivity index (χ0n) is 13.6. The number of esters is 1. The van der Waals surface area contributed by atoms with Crippen LogP contribution in [-0.4, -0.2) is 30.0 Å². The maximum Gasteiger partial charge on any atom is 0.337 e. The van der Waals surface area contributed by atoms with Crippen molar-refractivity contribution in [2.75, 3.05) is 12.4 Å². The van der Waals surface area contributed by atoms with E-state index in [0.717, 1.165) is 35.9 Å². The van der Waals surface area contributed by atoms with Crippen LogP contribution in [0.25, 0.3) is 10.2 Å². The van der Waals surface area contributed by atoms with Crippen molar-refractivity contribution in [3.63, 3.8) is 0 Å². The van der Waals surface area contributed by atoms with Crippen molar-refractivity contribution in [3.05, 3.63) is 23.8 Å². The zero-order valence-corrected chi connectivity index (χ0v) is 14.4. The van der Waals surface area contributed by atoms with E-state index >= 15 is 0 Å². The molecule has 1 heterocycles. The quantitative estimate of drug-likeness (QED) is 0.829. The average molecular weight is 347 g/mol. The van der Waals surface area contributed by atoms with Gasteiger partial charge in [-0.15, -0.1) is 0 Å². The smallest absolute Gasteiger partial charge is 0.337 e. The van der Waals surface area contributed by atoms with E-state index in [2.05, 4.69) is 10.3 Å². The van der Waals surface area contributed by atoms with Gasteiger partial charge in [0.05, 0.1) is 22.9 Å². The molecule has 2 atom stereocenters. The number of amides is 1. The van der Waals surface area contributed by atoms with Crippen LogP contribution in [0.4, 0.5) is 5.13 Å². The first kappa shape index (κ1) is 16.9. The van der Waals surface area contributed by atoms with Crippen molar-refractivity contribution in [3.8, 4) is 0 Å². The molecule has 0 saturated heterocycles. The van der Waals surface area contributed by atoms with Gasteiger partial charge in [0.25, 0.3) is 0 Å².